The summed E-state index contributed by atoms with van der Waals surface area (Å²) >= 11 is 0. The van der Waals surface area contributed by atoms with Gasteiger partial charge in [-0.15, -0.1) is 0 Å². The Morgan fingerprint density at radius 2 is 1.82 bits per heavy atom. The van der Waals surface area contributed by atoms with Crippen LogP contribution < -0.4 is 5.32 Å². The molecule has 0 bridgehead atoms. The van der Waals surface area contributed by atoms with Crippen molar-refractivity contribution in [2.75, 3.05) is 7.05 Å². The largest absolute Gasteiger partial charge is 0.316 e. The molecule has 1 aromatic rings. The zero-order chi connectivity index (χ0) is 12.9. The summed E-state index contributed by atoms with van der Waals surface area (Å²) in [6.45, 7) is 3.78. The molecule has 0 fully saturated rings. The van der Waals surface area contributed by atoms with Crippen LogP contribution in [0.5, 0.6) is 0 Å². The molecular weight excluding hydrogens is 234 g/mol. The first-order chi connectivity index (χ1) is 8.01. The first-order valence-corrected chi connectivity index (χ1v) is 7.65. The number of benzene rings is 1. The highest BCUT2D eigenvalue weighted by Gasteiger charge is 2.27. The van der Waals surface area contributed by atoms with Crippen LogP contribution in [-0.4, -0.2) is 26.8 Å². The van der Waals surface area contributed by atoms with Gasteiger partial charge in [-0.1, -0.05) is 37.3 Å². The van der Waals surface area contributed by atoms with E-state index in [2.05, 4.69) is 5.32 Å². The van der Waals surface area contributed by atoms with Crippen molar-refractivity contribution < 1.29 is 8.42 Å². The second-order valence-electron chi connectivity index (χ2n) is 4.30. The molecule has 0 aromatic heterocycles. The molecule has 1 N–H and O–H groups in total. The van der Waals surface area contributed by atoms with Crippen LogP contribution in [0, 0.1) is 0 Å². The lowest BCUT2D eigenvalue weighted by molar-refractivity contribution is 0.504. The zero-order valence-electron chi connectivity index (χ0n) is 10.7. The van der Waals surface area contributed by atoms with Crippen molar-refractivity contribution in [3.05, 3.63) is 35.9 Å². The smallest absolute Gasteiger partial charge is 0.158 e. The Bertz CT molecular complexity index is 424. The lowest BCUT2D eigenvalue weighted by atomic mass is 10.2. The van der Waals surface area contributed by atoms with Crippen LogP contribution in [0.1, 0.15) is 25.8 Å². The fraction of sp³-hybridized carbons (Fsp3) is 0.538. The van der Waals surface area contributed by atoms with Crippen molar-refractivity contribution in [2.45, 2.75) is 37.3 Å². The van der Waals surface area contributed by atoms with Gasteiger partial charge in [-0.05, 0) is 26.0 Å². The van der Waals surface area contributed by atoms with E-state index in [0.717, 1.165) is 12.0 Å². The minimum Gasteiger partial charge on any atom is -0.316 e. The van der Waals surface area contributed by atoms with Gasteiger partial charge in [0.1, 0.15) is 0 Å². The quantitative estimate of drug-likeness (QED) is 0.845. The van der Waals surface area contributed by atoms with E-state index in [9.17, 15) is 8.42 Å². The Labute approximate surface area is 104 Å². The summed E-state index contributed by atoms with van der Waals surface area (Å²) in [5.41, 5.74) is 0.852. The van der Waals surface area contributed by atoms with Gasteiger partial charge < -0.3 is 5.32 Å². The van der Waals surface area contributed by atoms with Crippen LogP contribution in [0.15, 0.2) is 30.3 Å². The average Bonchev–Trinajstić information content (AvgIpc) is 2.31. The van der Waals surface area contributed by atoms with Crippen molar-refractivity contribution >= 4 is 9.84 Å². The molecule has 3 nitrogen and oxygen atoms in total. The average molecular weight is 255 g/mol. The third-order valence-electron chi connectivity index (χ3n) is 3.15. The molecule has 0 saturated heterocycles. The molecule has 96 valence electrons. The third kappa shape index (κ3) is 3.82. The highest BCUT2D eigenvalue weighted by Crippen LogP contribution is 2.15. The summed E-state index contributed by atoms with van der Waals surface area (Å²) in [7, 11) is -1.29. The molecule has 2 atom stereocenters. The minimum atomic E-state index is -3.10. The molecule has 0 heterocycles. The minimum absolute atomic E-state index is 0.0173. The van der Waals surface area contributed by atoms with Gasteiger partial charge in [0.05, 0.1) is 11.0 Å². The van der Waals surface area contributed by atoms with E-state index < -0.39 is 9.84 Å². The van der Waals surface area contributed by atoms with Crippen LogP contribution in [0.4, 0.5) is 0 Å². The zero-order valence-corrected chi connectivity index (χ0v) is 11.5. The molecular formula is C13H21NO2S. The molecule has 0 aliphatic rings. The van der Waals surface area contributed by atoms with Crippen LogP contribution in [0.3, 0.4) is 0 Å². The number of sulfone groups is 1. The lowest BCUT2D eigenvalue weighted by Gasteiger charge is -2.22. The summed E-state index contributed by atoms with van der Waals surface area (Å²) < 4.78 is 24.4. The maximum atomic E-state index is 12.2. The van der Waals surface area contributed by atoms with Crippen LogP contribution in [0.25, 0.3) is 0 Å². The standard InChI is InChI=1S/C13H21NO2S/c1-4-13(14-3)11(2)17(15,16)10-12-8-6-5-7-9-12/h5-9,11,13-14H,4,10H2,1-3H3. The number of hydrogen-bond donors (Lipinski definition) is 1. The Morgan fingerprint density at radius 3 is 2.29 bits per heavy atom. The Morgan fingerprint density at radius 1 is 1.24 bits per heavy atom. The molecule has 4 heteroatoms. The van der Waals surface area contributed by atoms with E-state index in [-0.39, 0.29) is 17.0 Å². The molecule has 0 amide bonds. The summed E-state index contributed by atoms with van der Waals surface area (Å²) in [6.07, 6.45) is 0.811. The number of rotatable bonds is 6. The Kier molecular flexibility index (Phi) is 5.15. The van der Waals surface area contributed by atoms with Gasteiger partial charge in [-0.2, -0.15) is 0 Å². The van der Waals surface area contributed by atoms with Crippen LogP contribution in [-0.2, 0) is 15.6 Å². The van der Waals surface area contributed by atoms with Crippen molar-refractivity contribution in [2.24, 2.45) is 0 Å². The molecule has 17 heavy (non-hydrogen) atoms. The summed E-state index contributed by atoms with van der Waals surface area (Å²) in [6, 6.07) is 9.34. The van der Waals surface area contributed by atoms with E-state index in [1.807, 2.05) is 44.3 Å². The molecule has 0 saturated carbocycles. The molecule has 1 rings (SSSR count). The predicted molar refractivity (Wildman–Crippen MR) is 71.7 cm³/mol. The van der Waals surface area contributed by atoms with Crippen molar-refractivity contribution in [3.63, 3.8) is 0 Å². The van der Waals surface area contributed by atoms with E-state index in [4.69, 9.17) is 0 Å². The van der Waals surface area contributed by atoms with E-state index in [1.54, 1.807) is 6.92 Å². The molecule has 0 aliphatic heterocycles. The van der Waals surface area contributed by atoms with Gasteiger partial charge in [0.2, 0.25) is 0 Å². The SMILES string of the molecule is CCC(NC)C(C)S(=O)(=O)Cc1ccccc1. The van der Waals surface area contributed by atoms with Gasteiger partial charge in [0, 0.05) is 6.04 Å². The van der Waals surface area contributed by atoms with Crippen molar-refractivity contribution in [1.29, 1.82) is 0 Å². The van der Waals surface area contributed by atoms with Crippen LogP contribution in [0.2, 0.25) is 0 Å². The highest BCUT2D eigenvalue weighted by molar-refractivity contribution is 7.91. The molecule has 1 aromatic carbocycles. The molecule has 0 spiro atoms. The number of hydrogen-bond acceptors (Lipinski definition) is 3. The first-order valence-electron chi connectivity index (χ1n) is 5.94. The van der Waals surface area contributed by atoms with Gasteiger partial charge >= 0.3 is 0 Å². The normalized spacial score (nSPS) is 15.5. The Balaban J connectivity index is 2.82. The second kappa shape index (κ2) is 6.17. The summed E-state index contributed by atoms with van der Waals surface area (Å²) in [4.78, 5) is 0. The molecule has 0 aliphatic carbocycles. The van der Waals surface area contributed by atoms with Crippen molar-refractivity contribution in [1.82, 2.24) is 5.32 Å². The lowest BCUT2D eigenvalue weighted by Crippen LogP contribution is -2.40. The molecule has 0 radical (unpaired) electrons. The number of nitrogens with one attached hydrogen (secondary N) is 1. The predicted octanol–water partition coefficient (Wildman–Crippen LogP) is 1.99. The fourth-order valence-corrected chi connectivity index (χ4v) is 3.71. The topological polar surface area (TPSA) is 46.2 Å². The maximum absolute atomic E-state index is 12.2. The fourth-order valence-electron chi connectivity index (χ4n) is 1.96. The second-order valence-corrected chi connectivity index (χ2v) is 6.66. The highest BCUT2D eigenvalue weighted by atomic mass is 32.2. The van der Waals surface area contributed by atoms with Gasteiger partial charge in [-0.25, -0.2) is 8.42 Å². The monoisotopic (exact) mass is 255 g/mol. The van der Waals surface area contributed by atoms with E-state index in [0.29, 0.717) is 0 Å². The van der Waals surface area contributed by atoms with E-state index >= 15 is 0 Å². The van der Waals surface area contributed by atoms with Gasteiger partial charge in [-0.3, -0.25) is 0 Å². The summed E-state index contributed by atoms with van der Waals surface area (Å²) in [5, 5.41) is 2.70. The first kappa shape index (κ1) is 14.2. The third-order valence-corrected chi connectivity index (χ3v) is 5.35. The van der Waals surface area contributed by atoms with Gasteiger partial charge in [0.25, 0.3) is 0 Å². The Hall–Kier alpha value is -0.870. The summed E-state index contributed by atoms with van der Waals surface area (Å²) in [5.74, 6) is 0.118. The van der Waals surface area contributed by atoms with Gasteiger partial charge in [0.15, 0.2) is 9.84 Å². The van der Waals surface area contributed by atoms with Crippen molar-refractivity contribution in [3.8, 4) is 0 Å². The van der Waals surface area contributed by atoms with E-state index in [1.165, 1.54) is 0 Å². The van der Waals surface area contributed by atoms with Crippen LogP contribution >= 0.6 is 0 Å². The molecule has 2 unspecified atom stereocenters. The maximum Gasteiger partial charge on any atom is 0.158 e.